The number of fused-ring (bicyclic) bond motifs is 1. The molecule has 4 aromatic rings. The molecule has 0 atom stereocenters. The second kappa shape index (κ2) is 12.0. The Balaban J connectivity index is 1.32. The molecule has 194 valence electrons. The zero-order valence-corrected chi connectivity index (χ0v) is 23.1. The van der Waals surface area contributed by atoms with Crippen LogP contribution in [0.4, 0.5) is 0 Å². The van der Waals surface area contributed by atoms with Gasteiger partial charge in [-0.15, -0.1) is 0 Å². The number of nitrogens with two attached hydrogens (primary N) is 1. The summed E-state index contributed by atoms with van der Waals surface area (Å²) in [6.45, 7) is 9.68. The van der Waals surface area contributed by atoms with Crippen molar-refractivity contribution in [1.82, 2.24) is 14.4 Å². The standard InChI is InChI=1S/C31H36Cl2N4/c1-2-3-12-37-22-27(25-7-4-6-23(17-25)19-34)26-18-24(10-11-31(26)37)20-35-13-15-36(16-14-35)21-28-29(32)8-5-9-30(28)33/h4-11,17-18,22H,2-3,12-16,19-21,34H2,1H3. The number of unbranched alkanes of at least 4 members (excludes halogenated alkanes) is 1. The number of halogens is 2. The third-order valence-corrected chi connectivity index (χ3v) is 8.19. The lowest BCUT2D eigenvalue weighted by Crippen LogP contribution is -2.45. The van der Waals surface area contributed by atoms with Gasteiger partial charge in [-0.3, -0.25) is 9.80 Å². The van der Waals surface area contributed by atoms with Gasteiger partial charge in [-0.2, -0.15) is 0 Å². The smallest absolute Gasteiger partial charge is 0.0486 e. The van der Waals surface area contributed by atoms with Crippen LogP contribution in [0, 0.1) is 0 Å². The van der Waals surface area contributed by atoms with Gasteiger partial charge in [-0.1, -0.05) is 66.9 Å². The molecule has 6 heteroatoms. The first kappa shape index (κ1) is 26.3. The van der Waals surface area contributed by atoms with E-state index in [1.54, 1.807) is 0 Å². The lowest BCUT2D eigenvalue weighted by molar-refractivity contribution is 0.122. The Hall–Kier alpha value is -2.34. The molecule has 0 radical (unpaired) electrons. The van der Waals surface area contributed by atoms with Gasteiger partial charge in [0.2, 0.25) is 0 Å². The molecule has 0 amide bonds. The van der Waals surface area contributed by atoms with Gasteiger partial charge in [0.25, 0.3) is 0 Å². The number of benzene rings is 3. The number of aryl methyl sites for hydroxylation is 1. The minimum Gasteiger partial charge on any atom is -0.347 e. The second-order valence-electron chi connectivity index (χ2n) is 10.1. The van der Waals surface area contributed by atoms with Crippen LogP contribution in [-0.2, 0) is 26.2 Å². The van der Waals surface area contributed by atoms with Crippen molar-refractivity contribution < 1.29 is 0 Å². The summed E-state index contributed by atoms with van der Waals surface area (Å²) < 4.78 is 2.42. The SMILES string of the molecule is CCCCn1cc(-c2cccc(CN)c2)c2cc(CN3CCN(Cc4c(Cl)cccc4Cl)CC3)ccc21. The van der Waals surface area contributed by atoms with Crippen molar-refractivity contribution in [3.63, 3.8) is 0 Å². The van der Waals surface area contributed by atoms with E-state index in [1.807, 2.05) is 18.2 Å². The van der Waals surface area contributed by atoms with Crippen LogP contribution >= 0.6 is 23.2 Å². The monoisotopic (exact) mass is 534 g/mol. The maximum Gasteiger partial charge on any atom is 0.0486 e. The number of aromatic nitrogens is 1. The summed E-state index contributed by atoms with van der Waals surface area (Å²) in [7, 11) is 0. The molecule has 4 nitrogen and oxygen atoms in total. The Bertz CT molecular complexity index is 1330. The normalized spacial score (nSPS) is 15.0. The molecular weight excluding hydrogens is 499 g/mol. The number of hydrogen-bond donors (Lipinski definition) is 1. The van der Waals surface area contributed by atoms with Crippen molar-refractivity contribution in [3.05, 3.63) is 93.6 Å². The van der Waals surface area contributed by atoms with Crippen LogP contribution < -0.4 is 5.73 Å². The lowest BCUT2D eigenvalue weighted by Gasteiger charge is -2.35. The molecule has 5 rings (SSSR count). The molecule has 2 heterocycles. The van der Waals surface area contributed by atoms with Gasteiger partial charge in [-0.05, 0) is 53.4 Å². The fraction of sp³-hybridized carbons (Fsp3) is 0.355. The molecule has 1 aliphatic rings. The first-order valence-corrected chi connectivity index (χ1v) is 14.1. The highest BCUT2D eigenvalue weighted by molar-refractivity contribution is 6.35. The van der Waals surface area contributed by atoms with Gasteiger partial charge < -0.3 is 10.3 Å². The summed E-state index contributed by atoms with van der Waals surface area (Å²) in [5.41, 5.74) is 13.4. The van der Waals surface area contributed by atoms with E-state index in [2.05, 4.69) is 70.0 Å². The van der Waals surface area contributed by atoms with Crippen LogP contribution in [-0.4, -0.2) is 40.5 Å². The van der Waals surface area contributed by atoms with E-state index in [0.717, 1.165) is 61.4 Å². The molecule has 1 fully saturated rings. The average molecular weight is 536 g/mol. The average Bonchev–Trinajstić information content (AvgIpc) is 3.28. The zero-order valence-electron chi connectivity index (χ0n) is 21.6. The molecular formula is C31H36Cl2N4. The van der Waals surface area contributed by atoms with Gasteiger partial charge in [0.1, 0.15) is 0 Å². The van der Waals surface area contributed by atoms with Crippen LogP contribution in [0.15, 0.2) is 66.9 Å². The molecule has 1 aromatic heterocycles. The highest BCUT2D eigenvalue weighted by Crippen LogP contribution is 2.33. The number of piperazine rings is 1. The van der Waals surface area contributed by atoms with Crippen molar-refractivity contribution in [1.29, 1.82) is 0 Å². The number of nitrogens with zero attached hydrogens (tertiary/aromatic N) is 3. The van der Waals surface area contributed by atoms with E-state index in [1.165, 1.54) is 46.0 Å². The van der Waals surface area contributed by atoms with E-state index in [4.69, 9.17) is 28.9 Å². The van der Waals surface area contributed by atoms with Crippen LogP contribution in [0.2, 0.25) is 10.0 Å². The van der Waals surface area contributed by atoms with E-state index >= 15 is 0 Å². The highest BCUT2D eigenvalue weighted by Gasteiger charge is 2.20. The molecule has 2 N–H and O–H groups in total. The summed E-state index contributed by atoms with van der Waals surface area (Å²) in [5.74, 6) is 0. The van der Waals surface area contributed by atoms with Gasteiger partial charge in [0, 0.05) is 90.6 Å². The predicted octanol–water partition coefficient (Wildman–Crippen LogP) is 7.19. The zero-order chi connectivity index (χ0) is 25.8. The van der Waals surface area contributed by atoms with Crippen LogP contribution in [0.25, 0.3) is 22.0 Å². The molecule has 1 saturated heterocycles. The van der Waals surface area contributed by atoms with Gasteiger partial charge >= 0.3 is 0 Å². The molecule has 0 spiro atoms. The highest BCUT2D eigenvalue weighted by atomic mass is 35.5. The van der Waals surface area contributed by atoms with Crippen molar-refractivity contribution >= 4 is 34.1 Å². The Morgan fingerprint density at radius 1 is 0.811 bits per heavy atom. The fourth-order valence-electron chi connectivity index (χ4n) is 5.32. The Morgan fingerprint density at radius 2 is 1.51 bits per heavy atom. The van der Waals surface area contributed by atoms with Crippen molar-refractivity contribution in [2.45, 2.75) is 45.9 Å². The summed E-state index contributed by atoms with van der Waals surface area (Å²) in [6, 6.07) is 21.4. The van der Waals surface area contributed by atoms with Gasteiger partial charge in [-0.25, -0.2) is 0 Å². The molecule has 0 saturated carbocycles. The maximum atomic E-state index is 6.41. The minimum absolute atomic E-state index is 0.558. The third kappa shape index (κ3) is 6.05. The molecule has 0 unspecified atom stereocenters. The van der Waals surface area contributed by atoms with Gasteiger partial charge in [0.05, 0.1) is 0 Å². The number of hydrogen-bond acceptors (Lipinski definition) is 3. The first-order chi connectivity index (χ1) is 18.1. The summed E-state index contributed by atoms with van der Waals surface area (Å²) >= 11 is 12.8. The summed E-state index contributed by atoms with van der Waals surface area (Å²) in [5, 5.41) is 2.83. The summed E-state index contributed by atoms with van der Waals surface area (Å²) in [6.07, 6.45) is 4.69. The van der Waals surface area contributed by atoms with E-state index in [9.17, 15) is 0 Å². The minimum atomic E-state index is 0.558. The Morgan fingerprint density at radius 3 is 2.22 bits per heavy atom. The van der Waals surface area contributed by atoms with E-state index in [0.29, 0.717) is 6.54 Å². The van der Waals surface area contributed by atoms with Crippen molar-refractivity contribution in [2.75, 3.05) is 26.2 Å². The quantitative estimate of drug-likeness (QED) is 0.247. The van der Waals surface area contributed by atoms with Crippen LogP contribution in [0.1, 0.15) is 36.5 Å². The van der Waals surface area contributed by atoms with Gasteiger partial charge in [0.15, 0.2) is 0 Å². The Labute approximate surface area is 230 Å². The van der Waals surface area contributed by atoms with Crippen molar-refractivity contribution in [2.24, 2.45) is 5.73 Å². The molecule has 0 aliphatic carbocycles. The lowest BCUT2D eigenvalue weighted by atomic mass is 10.0. The van der Waals surface area contributed by atoms with Crippen LogP contribution in [0.3, 0.4) is 0 Å². The van der Waals surface area contributed by atoms with E-state index < -0.39 is 0 Å². The second-order valence-corrected chi connectivity index (χ2v) is 10.9. The molecule has 1 aliphatic heterocycles. The predicted molar refractivity (Wildman–Crippen MR) is 157 cm³/mol. The van der Waals surface area contributed by atoms with E-state index in [-0.39, 0.29) is 0 Å². The topological polar surface area (TPSA) is 37.4 Å². The van der Waals surface area contributed by atoms with Crippen LogP contribution in [0.5, 0.6) is 0 Å². The summed E-state index contributed by atoms with van der Waals surface area (Å²) in [4.78, 5) is 5.00. The largest absolute Gasteiger partial charge is 0.347 e. The maximum absolute atomic E-state index is 6.41. The Kier molecular flexibility index (Phi) is 8.53. The third-order valence-electron chi connectivity index (χ3n) is 7.49. The molecule has 0 bridgehead atoms. The molecule has 37 heavy (non-hydrogen) atoms. The number of rotatable bonds is 9. The fourth-order valence-corrected chi connectivity index (χ4v) is 5.84. The van der Waals surface area contributed by atoms with Crippen molar-refractivity contribution in [3.8, 4) is 11.1 Å². The molecule has 3 aromatic carbocycles. The first-order valence-electron chi connectivity index (χ1n) is 13.3.